The smallest absolute Gasteiger partial charge is 0.162 e. The summed E-state index contributed by atoms with van der Waals surface area (Å²) in [6.45, 7) is 4.21. The maximum Gasteiger partial charge on any atom is 0.162 e. The lowest BCUT2D eigenvalue weighted by molar-refractivity contribution is 0.269. The van der Waals surface area contributed by atoms with Crippen molar-refractivity contribution in [2.45, 2.75) is 26.5 Å². The molecule has 1 N–H and O–H groups in total. The Kier molecular flexibility index (Phi) is 8.55. The van der Waals surface area contributed by atoms with Crippen LogP contribution in [0.5, 0.6) is 11.5 Å². The second-order valence-electron chi connectivity index (χ2n) is 6.76. The van der Waals surface area contributed by atoms with Crippen LogP contribution in [0.25, 0.3) is 0 Å². The van der Waals surface area contributed by atoms with E-state index in [1.54, 1.807) is 6.07 Å². The summed E-state index contributed by atoms with van der Waals surface area (Å²) in [6.07, 6.45) is 0.630. The van der Waals surface area contributed by atoms with Crippen LogP contribution in [0.4, 0.5) is 4.39 Å². The molecule has 30 heavy (non-hydrogen) atoms. The van der Waals surface area contributed by atoms with Gasteiger partial charge in [0.15, 0.2) is 11.5 Å². The second kappa shape index (κ2) is 11.3. The van der Waals surface area contributed by atoms with Crippen LogP contribution in [0.3, 0.4) is 0 Å². The van der Waals surface area contributed by atoms with Gasteiger partial charge in [0, 0.05) is 16.0 Å². The van der Waals surface area contributed by atoms with Crippen molar-refractivity contribution in [2.24, 2.45) is 0 Å². The number of benzene rings is 3. The van der Waals surface area contributed by atoms with E-state index in [1.807, 2.05) is 55.5 Å². The Labute approximate surface area is 190 Å². The zero-order valence-corrected chi connectivity index (χ0v) is 19.1. The Balaban J connectivity index is 1.61. The fourth-order valence-electron chi connectivity index (χ4n) is 2.98. The topological polar surface area (TPSA) is 30.5 Å². The molecule has 0 radical (unpaired) electrons. The zero-order chi connectivity index (χ0) is 21.3. The van der Waals surface area contributed by atoms with Gasteiger partial charge in [0.25, 0.3) is 0 Å². The first kappa shape index (κ1) is 22.6. The summed E-state index contributed by atoms with van der Waals surface area (Å²) in [5.41, 5.74) is 2.78. The first-order chi connectivity index (χ1) is 14.6. The van der Waals surface area contributed by atoms with Crippen molar-refractivity contribution in [1.29, 1.82) is 0 Å². The van der Waals surface area contributed by atoms with Crippen molar-refractivity contribution >= 4 is 27.5 Å². The minimum absolute atomic E-state index is 0.165. The lowest BCUT2D eigenvalue weighted by Crippen LogP contribution is -2.17. The highest BCUT2D eigenvalue weighted by Crippen LogP contribution is 2.34. The number of rotatable bonds is 10. The molecule has 3 rings (SSSR count). The first-order valence-corrected chi connectivity index (χ1v) is 11.0. The molecule has 6 heteroatoms. The molecule has 0 aliphatic rings. The van der Waals surface area contributed by atoms with E-state index >= 15 is 0 Å². The molecule has 0 heterocycles. The van der Waals surface area contributed by atoms with Gasteiger partial charge in [0.1, 0.15) is 12.4 Å². The number of ether oxygens (including phenoxy) is 2. The van der Waals surface area contributed by atoms with Gasteiger partial charge in [-0.2, -0.15) is 0 Å². The third kappa shape index (κ3) is 6.46. The molecule has 0 aromatic heterocycles. The summed E-state index contributed by atoms with van der Waals surface area (Å²) in [4.78, 5) is 0. The van der Waals surface area contributed by atoms with Gasteiger partial charge < -0.3 is 14.8 Å². The third-order valence-electron chi connectivity index (χ3n) is 4.56. The maximum atomic E-state index is 13.7. The van der Waals surface area contributed by atoms with Crippen LogP contribution in [0.2, 0.25) is 5.02 Å². The Morgan fingerprint density at radius 2 is 1.70 bits per heavy atom. The van der Waals surface area contributed by atoms with Crippen LogP contribution in [-0.2, 0) is 19.6 Å². The van der Waals surface area contributed by atoms with Gasteiger partial charge in [-0.1, -0.05) is 57.9 Å². The van der Waals surface area contributed by atoms with Gasteiger partial charge in [0.2, 0.25) is 0 Å². The highest BCUT2D eigenvalue weighted by molar-refractivity contribution is 9.10. The average molecular weight is 493 g/mol. The molecule has 3 aromatic carbocycles. The van der Waals surface area contributed by atoms with Crippen molar-refractivity contribution in [2.75, 3.05) is 13.2 Å². The quantitative estimate of drug-likeness (QED) is 0.325. The van der Waals surface area contributed by atoms with Crippen molar-refractivity contribution in [3.05, 3.63) is 92.7 Å². The van der Waals surface area contributed by atoms with E-state index in [4.69, 9.17) is 21.1 Å². The Morgan fingerprint density at radius 1 is 0.967 bits per heavy atom. The van der Waals surface area contributed by atoms with E-state index in [0.29, 0.717) is 54.8 Å². The summed E-state index contributed by atoms with van der Waals surface area (Å²) in [5.74, 6) is 1.20. The predicted octanol–water partition coefficient (Wildman–Crippen LogP) is 6.55. The van der Waals surface area contributed by atoms with Crippen molar-refractivity contribution < 1.29 is 13.9 Å². The summed E-state index contributed by atoms with van der Waals surface area (Å²) in [7, 11) is 0. The fourth-order valence-corrected chi connectivity index (χ4v) is 3.57. The number of nitrogens with one attached hydrogen (secondary N) is 1. The average Bonchev–Trinajstić information content (AvgIpc) is 2.74. The molecule has 158 valence electrons. The van der Waals surface area contributed by atoms with Crippen LogP contribution >= 0.6 is 27.5 Å². The lowest BCUT2D eigenvalue weighted by atomic mass is 10.1. The van der Waals surface area contributed by atoms with Gasteiger partial charge in [0.05, 0.1) is 6.61 Å². The van der Waals surface area contributed by atoms with Crippen LogP contribution in [0.15, 0.2) is 65.1 Å². The van der Waals surface area contributed by atoms with Crippen molar-refractivity contribution in [3.63, 3.8) is 0 Å². The summed E-state index contributed by atoms with van der Waals surface area (Å²) < 4.78 is 26.4. The first-order valence-electron chi connectivity index (χ1n) is 9.83. The van der Waals surface area contributed by atoms with Gasteiger partial charge in [-0.15, -0.1) is 0 Å². The predicted molar refractivity (Wildman–Crippen MR) is 123 cm³/mol. The lowest BCUT2D eigenvalue weighted by Gasteiger charge is -2.16. The minimum Gasteiger partial charge on any atom is -0.490 e. The van der Waals surface area contributed by atoms with Gasteiger partial charge in [-0.3, -0.25) is 0 Å². The van der Waals surface area contributed by atoms with Crippen molar-refractivity contribution in [3.8, 4) is 11.5 Å². The van der Waals surface area contributed by atoms with Gasteiger partial charge in [-0.25, -0.2) is 4.39 Å². The van der Waals surface area contributed by atoms with E-state index in [0.717, 1.165) is 15.6 Å². The molecule has 0 spiro atoms. The van der Waals surface area contributed by atoms with Crippen LogP contribution < -0.4 is 14.8 Å². The fraction of sp³-hybridized carbons (Fsp3) is 0.250. The van der Waals surface area contributed by atoms with E-state index in [9.17, 15) is 4.39 Å². The molecular formula is C24H24BrClFNO2. The molecule has 0 atom stereocenters. The van der Waals surface area contributed by atoms with E-state index in [1.165, 1.54) is 6.07 Å². The molecule has 3 nitrogen and oxygen atoms in total. The zero-order valence-electron chi connectivity index (χ0n) is 16.8. The highest BCUT2D eigenvalue weighted by atomic mass is 79.9. The molecule has 0 unspecified atom stereocenters. The standard InChI is InChI=1S/C24H24BrClFNO2/c1-2-29-23-13-19(15-28-12-11-18-5-3-4-6-22(18)27)21(25)14-24(23)30-16-17-7-9-20(26)10-8-17/h3-10,13-14,28H,2,11-12,15-16H2,1H3. The monoisotopic (exact) mass is 491 g/mol. The maximum absolute atomic E-state index is 13.7. The number of halogens is 3. The van der Waals surface area contributed by atoms with Crippen molar-refractivity contribution in [1.82, 2.24) is 5.32 Å². The SMILES string of the molecule is CCOc1cc(CNCCc2ccccc2F)c(Br)cc1OCc1ccc(Cl)cc1. The molecule has 0 aliphatic carbocycles. The van der Waals surface area contributed by atoms with E-state index < -0.39 is 0 Å². The Bertz CT molecular complexity index is 966. The normalized spacial score (nSPS) is 10.8. The Hall–Kier alpha value is -2.08. The molecule has 0 fully saturated rings. The van der Waals surface area contributed by atoms with Crippen LogP contribution in [0.1, 0.15) is 23.6 Å². The third-order valence-corrected chi connectivity index (χ3v) is 5.55. The molecule has 0 amide bonds. The van der Waals surface area contributed by atoms with Crippen LogP contribution in [-0.4, -0.2) is 13.2 Å². The number of hydrogen-bond donors (Lipinski definition) is 1. The van der Waals surface area contributed by atoms with Gasteiger partial charge in [-0.05, 0) is 66.9 Å². The summed E-state index contributed by atoms with van der Waals surface area (Å²) >= 11 is 9.56. The van der Waals surface area contributed by atoms with Crippen LogP contribution in [0, 0.1) is 5.82 Å². The second-order valence-corrected chi connectivity index (χ2v) is 8.05. The molecule has 0 saturated carbocycles. The summed E-state index contributed by atoms with van der Waals surface area (Å²) in [5, 5.41) is 4.06. The highest BCUT2D eigenvalue weighted by Gasteiger charge is 2.11. The van der Waals surface area contributed by atoms with E-state index in [2.05, 4.69) is 21.2 Å². The molecular weight excluding hydrogens is 469 g/mol. The minimum atomic E-state index is -0.165. The largest absolute Gasteiger partial charge is 0.490 e. The van der Waals surface area contributed by atoms with Gasteiger partial charge >= 0.3 is 0 Å². The Morgan fingerprint density at radius 3 is 2.43 bits per heavy atom. The molecule has 3 aromatic rings. The molecule has 0 aliphatic heterocycles. The summed E-state index contributed by atoms with van der Waals surface area (Å²) in [6, 6.07) is 18.3. The number of hydrogen-bond acceptors (Lipinski definition) is 3. The van der Waals surface area contributed by atoms with E-state index in [-0.39, 0.29) is 5.82 Å². The molecule has 0 saturated heterocycles. The molecule has 0 bridgehead atoms.